The van der Waals surface area contributed by atoms with Crippen molar-refractivity contribution < 1.29 is 23.7 Å². The van der Waals surface area contributed by atoms with Gasteiger partial charge in [0.15, 0.2) is 0 Å². The number of carbonyl (C=O) groups excluding carboxylic acids is 2. The van der Waals surface area contributed by atoms with E-state index in [1.807, 2.05) is 13.8 Å². The minimum Gasteiger partial charge on any atom is -0.465 e. The van der Waals surface area contributed by atoms with Crippen molar-refractivity contribution in [2.75, 3.05) is 7.11 Å². The van der Waals surface area contributed by atoms with E-state index in [0.717, 1.165) is 6.29 Å². The Morgan fingerprint density at radius 2 is 1.75 bits per heavy atom. The van der Waals surface area contributed by atoms with E-state index >= 15 is 0 Å². The Hall–Kier alpha value is -2.17. The van der Waals surface area contributed by atoms with Gasteiger partial charge >= 0.3 is 13.5 Å². The fraction of sp³-hybridized carbons (Fsp3) is 0.333. The summed E-state index contributed by atoms with van der Waals surface area (Å²) in [5.41, 5.74) is 1.03. The first-order chi connectivity index (χ1) is 13.1. The number of carbonyl (C=O) groups is 2. The van der Waals surface area contributed by atoms with Gasteiger partial charge in [-0.1, -0.05) is 19.9 Å². The molecule has 0 aliphatic heterocycles. The molecule has 0 saturated carbocycles. The molecule has 7 heteroatoms. The van der Waals surface area contributed by atoms with Gasteiger partial charge in [-0.3, -0.25) is 4.79 Å². The van der Waals surface area contributed by atoms with Crippen LogP contribution in [0.1, 0.15) is 48.4 Å². The van der Waals surface area contributed by atoms with Crippen molar-refractivity contribution in [2.24, 2.45) is 0 Å². The first-order valence-corrected chi connectivity index (χ1v) is 9.40. The second-order valence-electron chi connectivity index (χ2n) is 7.50. The minimum atomic E-state index is -0.469. The molecule has 0 amide bonds. The van der Waals surface area contributed by atoms with Gasteiger partial charge in [-0.05, 0) is 55.7 Å². The highest BCUT2D eigenvalue weighted by Gasteiger charge is 2.34. The average molecular weight is 399 g/mol. The Bertz CT molecular complexity index is 858. The minimum absolute atomic E-state index is 0.173. The standard InChI is InChI=1S/C21H25BO5P/c1-20(2,21(3,4)28)27-22-18-12-17(10-9-15(18)13-23)26-16-8-6-7-14(11-16)19(24)25-5/h6-13H,28H2,1-5H3. The van der Waals surface area contributed by atoms with Crippen molar-refractivity contribution in [1.82, 2.24) is 0 Å². The number of hydrogen-bond donors (Lipinski definition) is 0. The lowest BCUT2D eigenvalue weighted by Crippen LogP contribution is -2.45. The molecule has 1 atom stereocenters. The van der Waals surface area contributed by atoms with Crippen LogP contribution in [0.15, 0.2) is 42.5 Å². The molecule has 2 rings (SSSR count). The number of esters is 1. The average Bonchev–Trinajstić information content (AvgIpc) is 2.65. The lowest BCUT2D eigenvalue weighted by atomic mass is 9.81. The highest BCUT2D eigenvalue weighted by atomic mass is 31.0. The first-order valence-electron chi connectivity index (χ1n) is 8.83. The fourth-order valence-electron chi connectivity index (χ4n) is 2.13. The van der Waals surface area contributed by atoms with Crippen LogP contribution >= 0.6 is 9.24 Å². The maximum Gasteiger partial charge on any atom is 0.337 e. The van der Waals surface area contributed by atoms with Gasteiger partial charge in [-0.2, -0.15) is 0 Å². The number of aldehydes is 1. The van der Waals surface area contributed by atoms with Gasteiger partial charge in [0.2, 0.25) is 0 Å². The third kappa shape index (κ3) is 5.43. The Morgan fingerprint density at radius 3 is 2.36 bits per heavy atom. The predicted molar refractivity (Wildman–Crippen MR) is 114 cm³/mol. The molecule has 0 aliphatic rings. The van der Waals surface area contributed by atoms with Gasteiger partial charge in [0.1, 0.15) is 17.8 Å². The van der Waals surface area contributed by atoms with Crippen LogP contribution in [0.25, 0.3) is 0 Å². The van der Waals surface area contributed by atoms with Crippen molar-refractivity contribution in [3.63, 3.8) is 0 Å². The van der Waals surface area contributed by atoms with Crippen molar-refractivity contribution in [2.45, 2.75) is 38.5 Å². The molecule has 2 aromatic carbocycles. The summed E-state index contributed by atoms with van der Waals surface area (Å²) in [5.74, 6) is 0.567. The van der Waals surface area contributed by atoms with E-state index < -0.39 is 11.6 Å². The molecule has 2 aromatic rings. The van der Waals surface area contributed by atoms with Crippen LogP contribution in [0.5, 0.6) is 11.5 Å². The normalized spacial score (nSPS) is 11.6. The summed E-state index contributed by atoms with van der Waals surface area (Å²) >= 11 is 0. The lowest BCUT2D eigenvalue weighted by Gasteiger charge is -2.39. The zero-order valence-corrected chi connectivity index (χ0v) is 18.0. The molecule has 0 N–H and O–H groups in total. The molecule has 0 aromatic heterocycles. The van der Waals surface area contributed by atoms with E-state index in [0.29, 0.717) is 28.1 Å². The van der Waals surface area contributed by atoms with Crippen molar-refractivity contribution in [1.29, 1.82) is 0 Å². The largest absolute Gasteiger partial charge is 0.465 e. The summed E-state index contributed by atoms with van der Waals surface area (Å²) in [5, 5.41) is -0.173. The highest BCUT2D eigenvalue weighted by molar-refractivity contribution is 7.19. The second kappa shape index (κ2) is 8.89. The highest BCUT2D eigenvalue weighted by Crippen LogP contribution is 2.33. The van der Waals surface area contributed by atoms with Crippen LogP contribution < -0.4 is 10.2 Å². The second-order valence-corrected chi connectivity index (χ2v) is 8.94. The van der Waals surface area contributed by atoms with E-state index in [4.69, 9.17) is 14.1 Å². The van der Waals surface area contributed by atoms with Crippen LogP contribution in [0.4, 0.5) is 0 Å². The summed E-state index contributed by atoms with van der Waals surface area (Å²) in [6.45, 7) is 8.07. The van der Waals surface area contributed by atoms with Crippen molar-refractivity contribution >= 4 is 34.4 Å². The molecular weight excluding hydrogens is 374 g/mol. The van der Waals surface area contributed by atoms with E-state index in [-0.39, 0.29) is 5.16 Å². The zero-order valence-electron chi connectivity index (χ0n) is 16.8. The van der Waals surface area contributed by atoms with Crippen molar-refractivity contribution in [3.05, 3.63) is 53.6 Å². The molecule has 1 radical (unpaired) electrons. The van der Waals surface area contributed by atoms with Gasteiger partial charge in [0.25, 0.3) is 0 Å². The quantitative estimate of drug-likeness (QED) is 0.293. The van der Waals surface area contributed by atoms with Crippen LogP contribution in [0.2, 0.25) is 0 Å². The maximum absolute atomic E-state index is 11.7. The summed E-state index contributed by atoms with van der Waals surface area (Å²) in [4.78, 5) is 23.1. The molecule has 5 nitrogen and oxygen atoms in total. The number of methoxy groups -OCH3 is 1. The predicted octanol–water partition coefficient (Wildman–Crippen LogP) is 3.77. The Labute approximate surface area is 169 Å². The van der Waals surface area contributed by atoms with Crippen LogP contribution in [0.3, 0.4) is 0 Å². The third-order valence-corrected chi connectivity index (χ3v) is 5.40. The molecule has 0 fully saturated rings. The van der Waals surface area contributed by atoms with E-state index in [9.17, 15) is 9.59 Å². The molecule has 1 unspecified atom stereocenters. The van der Waals surface area contributed by atoms with E-state index in [2.05, 4.69) is 23.1 Å². The molecule has 0 saturated heterocycles. The summed E-state index contributed by atoms with van der Waals surface area (Å²) in [7, 11) is 5.67. The van der Waals surface area contributed by atoms with Gasteiger partial charge in [0, 0.05) is 10.7 Å². The molecule has 0 bridgehead atoms. The Morgan fingerprint density at radius 1 is 1.07 bits per heavy atom. The monoisotopic (exact) mass is 399 g/mol. The van der Waals surface area contributed by atoms with Crippen LogP contribution in [-0.2, 0) is 9.39 Å². The van der Waals surface area contributed by atoms with Gasteiger partial charge in [-0.25, -0.2) is 4.79 Å². The molecule has 0 aliphatic carbocycles. The number of benzene rings is 2. The smallest absolute Gasteiger partial charge is 0.337 e. The lowest BCUT2D eigenvalue weighted by molar-refractivity contribution is 0.0600. The molecular formula is C21H25BO5P. The summed E-state index contributed by atoms with van der Waals surface area (Å²) in [6.07, 6.45) is 0.774. The van der Waals surface area contributed by atoms with Gasteiger partial charge in [0.05, 0.1) is 18.3 Å². The van der Waals surface area contributed by atoms with Crippen LogP contribution in [0, 0.1) is 0 Å². The number of ether oxygens (including phenoxy) is 2. The number of rotatable bonds is 8. The molecule has 0 heterocycles. The number of hydrogen-bond acceptors (Lipinski definition) is 5. The summed E-state index contributed by atoms with van der Waals surface area (Å²) in [6, 6.07) is 11.8. The van der Waals surface area contributed by atoms with E-state index in [1.54, 1.807) is 49.9 Å². The topological polar surface area (TPSA) is 61.8 Å². The fourth-order valence-corrected chi connectivity index (χ4v) is 2.20. The Balaban J connectivity index is 2.23. The van der Waals surface area contributed by atoms with Crippen LogP contribution in [-0.4, -0.2) is 37.6 Å². The maximum atomic E-state index is 11.7. The molecule has 0 spiro atoms. The molecule has 147 valence electrons. The van der Waals surface area contributed by atoms with Gasteiger partial charge in [-0.15, -0.1) is 9.24 Å². The third-order valence-electron chi connectivity index (χ3n) is 4.71. The van der Waals surface area contributed by atoms with Crippen molar-refractivity contribution in [3.8, 4) is 11.5 Å². The van der Waals surface area contributed by atoms with E-state index in [1.165, 1.54) is 7.11 Å². The van der Waals surface area contributed by atoms with Gasteiger partial charge < -0.3 is 14.1 Å². The summed E-state index contributed by atoms with van der Waals surface area (Å²) < 4.78 is 16.5. The SMILES string of the molecule is COC(=O)c1cccc(Oc2ccc(C=O)c([B]OC(C)(C)C(C)(C)P)c2)c1. The zero-order chi connectivity index (χ0) is 20.9. The Kier molecular flexibility index (Phi) is 7.03. The molecule has 28 heavy (non-hydrogen) atoms. The first kappa shape index (κ1) is 22.1.